The highest BCUT2D eigenvalue weighted by molar-refractivity contribution is 4.91. The molecule has 4 nitrogen and oxygen atoms in total. The van der Waals surface area contributed by atoms with Crippen LogP contribution in [0.2, 0.25) is 0 Å². The second kappa shape index (κ2) is 7.93. The molecule has 0 saturated carbocycles. The van der Waals surface area contributed by atoms with Gasteiger partial charge in [-0.3, -0.25) is 4.68 Å². The van der Waals surface area contributed by atoms with E-state index in [4.69, 9.17) is 0 Å². The first-order valence-electron chi connectivity index (χ1n) is 8.86. The lowest BCUT2D eigenvalue weighted by Gasteiger charge is -2.38. The lowest BCUT2D eigenvalue weighted by molar-refractivity contribution is 0.111. The minimum Gasteiger partial charge on any atom is -0.303 e. The Morgan fingerprint density at radius 2 is 2.00 bits per heavy atom. The molecule has 122 valence electrons. The molecule has 0 unspecified atom stereocenters. The summed E-state index contributed by atoms with van der Waals surface area (Å²) >= 11 is 0. The maximum atomic E-state index is 4.29. The molecule has 3 rings (SSSR count). The molecule has 0 amide bonds. The van der Waals surface area contributed by atoms with Gasteiger partial charge in [0.05, 0.1) is 6.54 Å². The Hall–Kier alpha value is -1.13. The summed E-state index contributed by atoms with van der Waals surface area (Å²) in [4.78, 5) is 5.23. The summed E-state index contributed by atoms with van der Waals surface area (Å²) in [7, 11) is 2.34. The first kappa shape index (κ1) is 15.8. The molecule has 1 fully saturated rings. The summed E-state index contributed by atoms with van der Waals surface area (Å²) in [6, 6.07) is 2.79. The van der Waals surface area contributed by atoms with Gasteiger partial charge in [-0.2, -0.15) is 5.10 Å². The number of rotatable bonds is 6. The van der Waals surface area contributed by atoms with Crippen LogP contribution in [0, 0.1) is 5.92 Å². The Kier molecular flexibility index (Phi) is 5.68. The van der Waals surface area contributed by atoms with Crippen molar-refractivity contribution >= 4 is 0 Å². The Morgan fingerprint density at radius 3 is 2.68 bits per heavy atom. The third-order valence-corrected chi connectivity index (χ3v) is 5.31. The summed E-state index contributed by atoms with van der Waals surface area (Å²) in [5.41, 5.74) is 0. The van der Waals surface area contributed by atoms with Gasteiger partial charge in [0, 0.05) is 31.5 Å². The van der Waals surface area contributed by atoms with Crippen LogP contribution < -0.4 is 0 Å². The van der Waals surface area contributed by atoms with Crippen LogP contribution in [0.3, 0.4) is 0 Å². The minimum atomic E-state index is 0.784. The summed E-state index contributed by atoms with van der Waals surface area (Å²) in [5.74, 6) is 0.882. The van der Waals surface area contributed by atoms with E-state index in [0.717, 1.165) is 25.0 Å². The molecule has 0 aromatic carbocycles. The zero-order valence-electron chi connectivity index (χ0n) is 13.9. The van der Waals surface area contributed by atoms with Gasteiger partial charge in [0.2, 0.25) is 0 Å². The standard InChI is InChI=1S/C18H30N4/c1-20(16-17-6-3-2-4-7-17)18-8-12-21(13-9-18)14-15-22-11-5-10-19-22/h2-3,5,10-11,17-18H,4,6-9,12-16H2,1H3/t17-/m1/s1. The van der Waals surface area contributed by atoms with Gasteiger partial charge in [-0.05, 0) is 64.2 Å². The van der Waals surface area contributed by atoms with Gasteiger partial charge in [-0.15, -0.1) is 0 Å². The fraction of sp³-hybridized carbons (Fsp3) is 0.722. The van der Waals surface area contributed by atoms with Gasteiger partial charge < -0.3 is 9.80 Å². The van der Waals surface area contributed by atoms with Crippen LogP contribution in [0.5, 0.6) is 0 Å². The Labute approximate surface area is 134 Å². The fourth-order valence-electron chi connectivity index (χ4n) is 3.84. The van der Waals surface area contributed by atoms with Crippen LogP contribution in [0.1, 0.15) is 32.1 Å². The second-order valence-electron chi connectivity index (χ2n) is 6.93. The Morgan fingerprint density at radius 1 is 1.14 bits per heavy atom. The highest BCUT2D eigenvalue weighted by atomic mass is 15.3. The van der Waals surface area contributed by atoms with Gasteiger partial charge in [-0.25, -0.2) is 0 Å². The summed E-state index contributed by atoms with van der Waals surface area (Å²) in [5, 5.41) is 4.29. The van der Waals surface area contributed by atoms with Crippen molar-refractivity contribution in [2.75, 3.05) is 33.2 Å². The first-order chi connectivity index (χ1) is 10.8. The third-order valence-electron chi connectivity index (χ3n) is 5.31. The van der Waals surface area contributed by atoms with Crippen molar-refractivity contribution in [3.05, 3.63) is 30.6 Å². The summed E-state index contributed by atoms with van der Waals surface area (Å²) < 4.78 is 2.04. The van der Waals surface area contributed by atoms with Crippen molar-refractivity contribution in [1.29, 1.82) is 0 Å². The van der Waals surface area contributed by atoms with Crippen molar-refractivity contribution in [2.45, 2.75) is 44.7 Å². The predicted octanol–water partition coefficient (Wildman–Crippen LogP) is 2.64. The van der Waals surface area contributed by atoms with E-state index in [9.17, 15) is 0 Å². The van der Waals surface area contributed by atoms with Gasteiger partial charge in [0.15, 0.2) is 0 Å². The molecule has 1 aromatic heterocycles. The smallest absolute Gasteiger partial charge is 0.0536 e. The number of hydrogen-bond acceptors (Lipinski definition) is 3. The largest absolute Gasteiger partial charge is 0.303 e. The SMILES string of the molecule is CN(C[C@@H]1CC=CCC1)C1CCN(CCn2cccn2)CC1. The van der Waals surface area contributed by atoms with E-state index in [2.05, 4.69) is 40.3 Å². The van der Waals surface area contributed by atoms with Gasteiger partial charge in [-0.1, -0.05) is 12.2 Å². The van der Waals surface area contributed by atoms with E-state index in [-0.39, 0.29) is 0 Å². The molecule has 0 bridgehead atoms. The van der Waals surface area contributed by atoms with Gasteiger partial charge in [0.25, 0.3) is 0 Å². The van der Waals surface area contributed by atoms with Crippen LogP contribution in [-0.2, 0) is 6.54 Å². The molecular weight excluding hydrogens is 272 g/mol. The molecule has 22 heavy (non-hydrogen) atoms. The molecular formula is C18H30N4. The Balaban J connectivity index is 1.36. The number of aromatic nitrogens is 2. The second-order valence-corrected chi connectivity index (χ2v) is 6.93. The van der Waals surface area contributed by atoms with Crippen LogP contribution in [0.25, 0.3) is 0 Å². The van der Waals surface area contributed by atoms with Crippen LogP contribution in [0.15, 0.2) is 30.6 Å². The summed E-state index contributed by atoms with van der Waals surface area (Å²) in [6.07, 6.45) is 15.2. The number of piperidine rings is 1. The van der Waals surface area contributed by atoms with E-state index in [1.165, 1.54) is 51.7 Å². The van der Waals surface area contributed by atoms with Crippen LogP contribution in [0.4, 0.5) is 0 Å². The van der Waals surface area contributed by atoms with Gasteiger partial charge in [0.1, 0.15) is 0 Å². The molecule has 2 aliphatic rings. The van der Waals surface area contributed by atoms with Crippen molar-refractivity contribution in [2.24, 2.45) is 5.92 Å². The topological polar surface area (TPSA) is 24.3 Å². The highest BCUT2D eigenvalue weighted by Crippen LogP contribution is 2.22. The Bertz CT molecular complexity index is 446. The van der Waals surface area contributed by atoms with E-state index < -0.39 is 0 Å². The molecule has 0 spiro atoms. The zero-order chi connectivity index (χ0) is 15.2. The molecule has 4 heteroatoms. The quantitative estimate of drug-likeness (QED) is 0.755. The number of likely N-dealkylation sites (tertiary alicyclic amines) is 1. The predicted molar refractivity (Wildman–Crippen MR) is 90.8 cm³/mol. The summed E-state index contributed by atoms with van der Waals surface area (Å²) in [6.45, 7) is 5.90. The number of nitrogens with zero attached hydrogens (tertiary/aromatic N) is 4. The van der Waals surface area contributed by atoms with Crippen LogP contribution >= 0.6 is 0 Å². The van der Waals surface area contributed by atoms with E-state index in [1.54, 1.807) is 0 Å². The van der Waals surface area contributed by atoms with E-state index >= 15 is 0 Å². The van der Waals surface area contributed by atoms with Crippen molar-refractivity contribution < 1.29 is 0 Å². The normalized spacial score (nSPS) is 24.2. The lowest BCUT2D eigenvalue weighted by atomic mass is 9.93. The van der Waals surface area contributed by atoms with E-state index in [0.29, 0.717) is 0 Å². The average Bonchev–Trinajstić information content (AvgIpc) is 3.08. The fourth-order valence-corrected chi connectivity index (χ4v) is 3.84. The van der Waals surface area contributed by atoms with Crippen molar-refractivity contribution in [1.82, 2.24) is 19.6 Å². The average molecular weight is 302 g/mol. The molecule has 1 aromatic rings. The van der Waals surface area contributed by atoms with Crippen molar-refractivity contribution in [3.63, 3.8) is 0 Å². The molecule has 1 atom stereocenters. The van der Waals surface area contributed by atoms with Crippen LogP contribution in [-0.4, -0.2) is 58.8 Å². The van der Waals surface area contributed by atoms with Crippen molar-refractivity contribution in [3.8, 4) is 0 Å². The molecule has 1 aliphatic carbocycles. The lowest BCUT2D eigenvalue weighted by Crippen LogP contribution is -2.45. The molecule has 1 aliphatic heterocycles. The molecule has 0 radical (unpaired) electrons. The maximum Gasteiger partial charge on any atom is 0.0536 e. The molecule has 1 saturated heterocycles. The number of allylic oxidation sites excluding steroid dienone is 2. The highest BCUT2D eigenvalue weighted by Gasteiger charge is 2.24. The zero-order valence-corrected chi connectivity index (χ0v) is 13.9. The molecule has 0 N–H and O–H groups in total. The first-order valence-corrected chi connectivity index (χ1v) is 8.86. The third kappa shape index (κ3) is 4.43. The number of hydrogen-bond donors (Lipinski definition) is 0. The van der Waals surface area contributed by atoms with E-state index in [1.807, 2.05) is 16.9 Å². The molecule has 2 heterocycles. The monoisotopic (exact) mass is 302 g/mol. The maximum absolute atomic E-state index is 4.29. The van der Waals surface area contributed by atoms with Gasteiger partial charge >= 0.3 is 0 Å². The minimum absolute atomic E-state index is 0.784.